The van der Waals surface area contributed by atoms with E-state index in [2.05, 4.69) is 22.9 Å². The quantitative estimate of drug-likeness (QED) is 0.787. The lowest BCUT2D eigenvalue weighted by molar-refractivity contribution is -0.120. The second-order valence-electron chi connectivity index (χ2n) is 5.62. The van der Waals surface area contributed by atoms with E-state index in [1.807, 2.05) is 19.9 Å². The van der Waals surface area contributed by atoms with Crippen LogP contribution in [0.2, 0.25) is 0 Å². The van der Waals surface area contributed by atoms with Crippen LogP contribution >= 0.6 is 0 Å². The number of nitrogens with one attached hydrogen (secondary N) is 3. The molecule has 1 saturated heterocycles. The number of aryl methyl sites for hydroxylation is 1. The lowest BCUT2D eigenvalue weighted by atomic mass is 9.97. The average Bonchev–Trinajstić information content (AvgIpc) is 2.87. The third kappa shape index (κ3) is 3.61. The summed E-state index contributed by atoms with van der Waals surface area (Å²) in [6.07, 6.45) is 0. The lowest BCUT2D eigenvalue weighted by Gasteiger charge is -2.16. The van der Waals surface area contributed by atoms with Gasteiger partial charge in [-0.15, -0.1) is 0 Å². The third-order valence-electron chi connectivity index (χ3n) is 3.95. The fraction of sp³-hybridized carbons (Fsp3) is 0.500. The van der Waals surface area contributed by atoms with Crippen LogP contribution in [0.5, 0.6) is 0 Å². The zero-order valence-electron chi connectivity index (χ0n) is 12.8. The fourth-order valence-electron chi connectivity index (χ4n) is 2.55. The molecular formula is C16H23N3O2. The molecule has 0 radical (unpaired) electrons. The first-order valence-corrected chi connectivity index (χ1v) is 7.43. The molecule has 0 bridgehead atoms. The molecule has 1 aromatic rings. The van der Waals surface area contributed by atoms with Crippen molar-refractivity contribution in [1.29, 1.82) is 0 Å². The molecule has 2 amide bonds. The predicted octanol–water partition coefficient (Wildman–Crippen LogP) is 1.54. The molecule has 1 aromatic carbocycles. The molecule has 1 aliphatic heterocycles. The van der Waals surface area contributed by atoms with Crippen LogP contribution in [0, 0.1) is 18.8 Å². The first-order valence-electron chi connectivity index (χ1n) is 7.43. The highest BCUT2D eigenvalue weighted by Crippen LogP contribution is 2.21. The number of carbonyl (C=O) groups is 2. The summed E-state index contributed by atoms with van der Waals surface area (Å²) in [4.78, 5) is 24.2. The van der Waals surface area contributed by atoms with Crippen molar-refractivity contribution in [3.8, 4) is 0 Å². The minimum Gasteiger partial charge on any atom is -0.352 e. The Morgan fingerprint density at radius 3 is 2.71 bits per heavy atom. The van der Waals surface area contributed by atoms with Crippen LogP contribution in [0.4, 0.5) is 5.69 Å². The van der Waals surface area contributed by atoms with Gasteiger partial charge in [-0.25, -0.2) is 0 Å². The summed E-state index contributed by atoms with van der Waals surface area (Å²) in [6, 6.07) is 5.37. The van der Waals surface area contributed by atoms with Crippen LogP contribution in [0.3, 0.4) is 0 Å². The summed E-state index contributed by atoms with van der Waals surface area (Å²) in [5.41, 5.74) is 2.23. The van der Waals surface area contributed by atoms with Gasteiger partial charge in [-0.3, -0.25) is 9.59 Å². The van der Waals surface area contributed by atoms with Crippen LogP contribution in [0.15, 0.2) is 18.2 Å². The first kappa shape index (κ1) is 15.5. The van der Waals surface area contributed by atoms with Crippen molar-refractivity contribution >= 4 is 17.5 Å². The summed E-state index contributed by atoms with van der Waals surface area (Å²) in [7, 11) is 0. The Kier molecular flexibility index (Phi) is 4.96. The highest BCUT2D eigenvalue weighted by molar-refractivity contribution is 5.98. The van der Waals surface area contributed by atoms with Gasteiger partial charge < -0.3 is 16.0 Å². The van der Waals surface area contributed by atoms with E-state index in [1.54, 1.807) is 12.1 Å². The van der Waals surface area contributed by atoms with Gasteiger partial charge in [0.25, 0.3) is 5.91 Å². The summed E-state index contributed by atoms with van der Waals surface area (Å²) >= 11 is 0. The summed E-state index contributed by atoms with van der Waals surface area (Å²) in [5, 5.41) is 8.95. The highest BCUT2D eigenvalue weighted by atomic mass is 16.2. The molecule has 1 aliphatic rings. The summed E-state index contributed by atoms with van der Waals surface area (Å²) in [6.45, 7) is 8.04. The number of hydrogen-bond donors (Lipinski definition) is 3. The van der Waals surface area contributed by atoms with E-state index in [4.69, 9.17) is 0 Å². The molecule has 0 spiro atoms. The van der Waals surface area contributed by atoms with E-state index in [1.165, 1.54) is 0 Å². The topological polar surface area (TPSA) is 70.2 Å². The van der Waals surface area contributed by atoms with E-state index >= 15 is 0 Å². The van der Waals surface area contributed by atoms with Crippen LogP contribution in [0.1, 0.15) is 29.8 Å². The monoisotopic (exact) mass is 289 g/mol. The Labute approximate surface area is 125 Å². The van der Waals surface area contributed by atoms with Crippen molar-refractivity contribution in [2.75, 3.05) is 25.0 Å². The second-order valence-corrected chi connectivity index (χ2v) is 5.62. The van der Waals surface area contributed by atoms with E-state index in [0.29, 0.717) is 30.3 Å². The Morgan fingerprint density at radius 1 is 1.33 bits per heavy atom. The maximum atomic E-state index is 12.3. The highest BCUT2D eigenvalue weighted by Gasteiger charge is 2.29. The molecule has 0 saturated carbocycles. The molecule has 1 heterocycles. The van der Waals surface area contributed by atoms with Gasteiger partial charge in [-0.05, 0) is 44.0 Å². The molecule has 0 unspecified atom stereocenters. The molecule has 114 valence electrons. The van der Waals surface area contributed by atoms with E-state index in [9.17, 15) is 9.59 Å². The lowest BCUT2D eigenvalue weighted by Crippen LogP contribution is -2.28. The Bertz CT molecular complexity index is 542. The molecule has 21 heavy (non-hydrogen) atoms. The van der Waals surface area contributed by atoms with Gasteiger partial charge >= 0.3 is 0 Å². The molecule has 5 nitrogen and oxygen atoms in total. The summed E-state index contributed by atoms with van der Waals surface area (Å²) < 4.78 is 0. The zero-order valence-corrected chi connectivity index (χ0v) is 12.8. The van der Waals surface area contributed by atoms with Crippen LogP contribution in [-0.4, -0.2) is 31.4 Å². The minimum atomic E-state index is -0.121. The number of benzene rings is 1. The second kappa shape index (κ2) is 6.72. The molecule has 3 N–H and O–H groups in total. The Balaban J connectivity index is 2.13. The minimum absolute atomic E-state index is 0.0162. The average molecular weight is 289 g/mol. The SMILES string of the molecule is CCNC(=O)c1ccc(C)c(NC(=O)[C@@H]2CNC[C@H]2C)c1. The smallest absolute Gasteiger partial charge is 0.251 e. The zero-order chi connectivity index (χ0) is 15.4. The first-order chi connectivity index (χ1) is 10.0. The van der Waals surface area contributed by atoms with Crippen molar-refractivity contribution in [1.82, 2.24) is 10.6 Å². The number of amides is 2. The normalized spacial score (nSPS) is 21.1. The van der Waals surface area contributed by atoms with Gasteiger partial charge in [0.1, 0.15) is 0 Å². The van der Waals surface area contributed by atoms with Crippen molar-refractivity contribution in [2.24, 2.45) is 11.8 Å². The van der Waals surface area contributed by atoms with Crippen LogP contribution in [0.25, 0.3) is 0 Å². The van der Waals surface area contributed by atoms with Crippen LogP contribution < -0.4 is 16.0 Å². The van der Waals surface area contributed by atoms with E-state index in [-0.39, 0.29) is 17.7 Å². The molecule has 2 rings (SSSR count). The standard InChI is InChI=1S/C16H23N3O2/c1-4-18-15(20)12-6-5-10(2)14(7-12)19-16(21)13-9-17-8-11(13)3/h5-7,11,13,17H,4,8-9H2,1-3H3,(H,18,20)(H,19,21)/t11-,13-/m1/s1. The van der Waals surface area contributed by atoms with Gasteiger partial charge in [-0.2, -0.15) is 0 Å². The molecule has 1 fully saturated rings. The number of anilines is 1. The van der Waals surface area contributed by atoms with Gasteiger partial charge in [-0.1, -0.05) is 13.0 Å². The maximum absolute atomic E-state index is 12.3. The molecule has 0 aliphatic carbocycles. The maximum Gasteiger partial charge on any atom is 0.251 e. The summed E-state index contributed by atoms with van der Waals surface area (Å²) in [5.74, 6) is 0.210. The third-order valence-corrected chi connectivity index (χ3v) is 3.95. The molecule has 0 aromatic heterocycles. The van der Waals surface area contributed by atoms with Crippen molar-refractivity contribution in [3.63, 3.8) is 0 Å². The van der Waals surface area contributed by atoms with Crippen molar-refractivity contribution in [3.05, 3.63) is 29.3 Å². The molecule has 5 heteroatoms. The van der Waals surface area contributed by atoms with E-state index in [0.717, 1.165) is 12.1 Å². The fourth-order valence-corrected chi connectivity index (χ4v) is 2.55. The Morgan fingerprint density at radius 2 is 2.10 bits per heavy atom. The Hall–Kier alpha value is -1.88. The largest absolute Gasteiger partial charge is 0.352 e. The van der Waals surface area contributed by atoms with Crippen molar-refractivity contribution < 1.29 is 9.59 Å². The van der Waals surface area contributed by atoms with Gasteiger partial charge in [0.05, 0.1) is 5.92 Å². The molecule has 2 atom stereocenters. The van der Waals surface area contributed by atoms with Gasteiger partial charge in [0.15, 0.2) is 0 Å². The van der Waals surface area contributed by atoms with Crippen molar-refractivity contribution in [2.45, 2.75) is 20.8 Å². The van der Waals surface area contributed by atoms with Gasteiger partial charge in [0.2, 0.25) is 5.91 Å². The number of hydrogen-bond acceptors (Lipinski definition) is 3. The predicted molar refractivity (Wildman–Crippen MR) is 83.3 cm³/mol. The van der Waals surface area contributed by atoms with Gasteiger partial charge in [0, 0.05) is 24.3 Å². The number of carbonyl (C=O) groups excluding carboxylic acids is 2. The van der Waals surface area contributed by atoms with Crippen LogP contribution in [-0.2, 0) is 4.79 Å². The number of rotatable bonds is 4. The van der Waals surface area contributed by atoms with E-state index < -0.39 is 0 Å². The molecular weight excluding hydrogens is 266 g/mol.